The van der Waals surface area contributed by atoms with Gasteiger partial charge in [0.15, 0.2) is 40.0 Å². The van der Waals surface area contributed by atoms with E-state index >= 15 is 0 Å². The highest BCUT2D eigenvalue weighted by Gasteiger charge is 2.25. The number of anilines is 2. The fourth-order valence-corrected chi connectivity index (χ4v) is 3.36. The fraction of sp³-hybridized carbons (Fsp3) is 0.0952. The molecule has 0 bridgehead atoms. The van der Waals surface area contributed by atoms with Crippen LogP contribution in [0.5, 0.6) is 0 Å². The number of aromatic nitrogens is 4. The second-order valence-electron chi connectivity index (χ2n) is 7.05. The van der Waals surface area contributed by atoms with Crippen molar-refractivity contribution in [2.45, 2.75) is 13.1 Å². The predicted molar refractivity (Wildman–Crippen MR) is 120 cm³/mol. The van der Waals surface area contributed by atoms with Gasteiger partial charge < -0.3 is 10.6 Å². The number of halogens is 6. The van der Waals surface area contributed by atoms with E-state index in [9.17, 15) is 22.0 Å². The molecule has 13 heteroatoms. The van der Waals surface area contributed by atoms with Crippen LogP contribution in [0.1, 0.15) is 11.1 Å². The summed E-state index contributed by atoms with van der Waals surface area (Å²) in [6, 6.07) is 10.4. The van der Waals surface area contributed by atoms with Crippen LogP contribution < -0.4 is 10.6 Å². The van der Waals surface area contributed by atoms with E-state index < -0.39 is 41.2 Å². The summed E-state index contributed by atoms with van der Waals surface area (Å²) >= 11 is 11.1. The molecule has 2 heterocycles. The van der Waals surface area contributed by atoms with E-state index in [0.29, 0.717) is 17.4 Å². The lowest BCUT2D eigenvalue weighted by Crippen LogP contribution is -2.20. The molecule has 0 aliphatic heterocycles. The maximum atomic E-state index is 13.9. The maximum Gasteiger partial charge on any atom is 0.200 e. The first-order valence-electron chi connectivity index (χ1n) is 9.61. The van der Waals surface area contributed by atoms with Gasteiger partial charge in [-0.05, 0) is 29.9 Å². The highest BCUT2D eigenvalue weighted by atomic mass is 35.5. The molecule has 0 spiro atoms. The number of thiocarbonyl (C=S) groups is 1. The summed E-state index contributed by atoms with van der Waals surface area (Å²) in [5, 5.41) is 14.7. The molecular weight excluding hydrogens is 499 g/mol. The van der Waals surface area contributed by atoms with Crippen LogP contribution in [0.2, 0.25) is 5.02 Å². The van der Waals surface area contributed by atoms with E-state index in [2.05, 4.69) is 20.8 Å². The molecule has 0 aliphatic rings. The highest BCUT2D eigenvalue weighted by Crippen LogP contribution is 2.24. The van der Waals surface area contributed by atoms with E-state index in [1.807, 2.05) is 12.1 Å². The third-order valence-electron chi connectivity index (χ3n) is 4.64. The molecule has 176 valence electrons. The van der Waals surface area contributed by atoms with E-state index in [4.69, 9.17) is 23.8 Å². The van der Waals surface area contributed by atoms with Crippen molar-refractivity contribution in [3.05, 3.63) is 94.0 Å². The summed E-state index contributed by atoms with van der Waals surface area (Å²) in [7, 11) is 0. The monoisotopic (exact) mass is 512 g/mol. The third-order valence-corrected chi connectivity index (χ3v) is 5.10. The molecule has 0 unspecified atom stereocenters. The van der Waals surface area contributed by atoms with Crippen molar-refractivity contribution < 1.29 is 22.0 Å². The van der Waals surface area contributed by atoms with E-state index in [0.717, 1.165) is 10.2 Å². The van der Waals surface area contributed by atoms with Gasteiger partial charge in [0.1, 0.15) is 0 Å². The summed E-state index contributed by atoms with van der Waals surface area (Å²) in [5.41, 5.74) is -0.00272. The van der Waals surface area contributed by atoms with Gasteiger partial charge in [-0.2, -0.15) is 10.2 Å². The molecule has 0 amide bonds. The van der Waals surface area contributed by atoms with E-state index in [1.165, 1.54) is 12.3 Å². The molecule has 0 atom stereocenters. The fourth-order valence-electron chi connectivity index (χ4n) is 3.02. The highest BCUT2D eigenvalue weighted by molar-refractivity contribution is 7.80. The number of nitrogens with one attached hydrogen (secondary N) is 2. The van der Waals surface area contributed by atoms with Crippen LogP contribution in [0, 0.1) is 29.1 Å². The van der Waals surface area contributed by atoms with Crippen LogP contribution in [0.25, 0.3) is 0 Å². The van der Waals surface area contributed by atoms with Crippen LogP contribution >= 0.6 is 23.8 Å². The molecule has 2 aromatic carbocycles. The molecular formula is C21H14ClF5N6S. The average Bonchev–Trinajstić information content (AvgIpc) is 3.44. The van der Waals surface area contributed by atoms with Crippen molar-refractivity contribution in [1.29, 1.82) is 0 Å². The van der Waals surface area contributed by atoms with Gasteiger partial charge in [-0.1, -0.05) is 23.7 Å². The van der Waals surface area contributed by atoms with Crippen molar-refractivity contribution in [3.8, 4) is 0 Å². The van der Waals surface area contributed by atoms with Gasteiger partial charge >= 0.3 is 0 Å². The lowest BCUT2D eigenvalue weighted by atomic mass is 10.1. The van der Waals surface area contributed by atoms with Crippen LogP contribution in [0.15, 0.2) is 48.8 Å². The molecule has 0 aliphatic carbocycles. The van der Waals surface area contributed by atoms with Gasteiger partial charge in [-0.3, -0.25) is 9.36 Å². The van der Waals surface area contributed by atoms with Gasteiger partial charge in [0.25, 0.3) is 0 Å². The molecule has 6 nitrogen and oxygen atoms in total. The first-order valence-corrected chi connectivity index (χ1v) is 10.4. The zero-order chi connectivity index (χ0) is 24.4. The molecule has 0 radical (unpaired) electrons. The van der Waals surface area contributed by atoms with Crippen LogP contribution in [-0.2, 0) is 13.1 Å². The third kappa shape index (κ3) is 5.18. The van der Waals surface area contributed by atoms with Gasteiger partial charge in [-0.15, -0.1) is 0 Å². The molecule has 2 aromatic heterocycles. The van der Waals surface area contributed by atoms with Crippen molar-refractivity contribution in [3.63, 3.8) is 0 Å². The quantitative estimate of drug-likeness (QED) is 0.158. The normalized spacial score (nSPS) is 11.0. The summed E-state index contributed by atoms with van der Waals surface area (Å²) in [5.74, 6) is -9.43. The second-order valence-corrected chi connectivity index (χ2v) is 7.90. The lowest BCUT2D eigenvalue weighted by Gasteiger charge is -2.09. The predicted octanol–water partition coefficient (Wildman–Crippen LogP) is 5.33. The summed E-state index contributed by atoms with van der Waals surface area (Å²) < 4.78 is 70.4. The number of rotatable bonds is 6. The Morgan fingerprint density at radius 3 is 1.74 bits per heavy atom. The molecule has 4 aromatic rings. The van der Waals surface area contributed by atoms with Gasteiger partial charge in [0.05, 0.1) is 18.7 Å². The Bertz CT molecular complexity index is 1330. The first kappa shape index (κ1) is 23.6. The lowest BCUT2D eigenvalue weighted by molar-refractivity contribution is 0.367. The molecule has 0 saturated heterocycles. The molecule has 34 heavy (non-hydrogen) atoms. The zero-order valence-electron chi connectivity index (χ0n) is 17.0. The summed E-state index contributed by atoms with van der Waals surface area (Å²) in [4.78, 5) is 0. The van der Waals surface area contributed by atoms with Crippen molar-refractivity contribution in [2.75, 3.05) is 10.6 Å². The smallest absolute Gasteiger partial charge is 0.200 e. The number of nitrogens with zero attached hydrogens (tertiary/aromatic N) is 4. The molecule has 4 rings (SSSR count). The van der Waals surface area contributed by atoms with E-state index in [1.54, 1.807) is 29.1 Å². The van der Waals surface area contributed by atoms with Crippen molar-refractivity contribution in [2.24, 2.45) is 0 Å². The average molecular weight is 513 g/mol. The molecule has 2 N–H and O–H groups in total. The van der Waals surface area contributed by atoms with E-state index in [-0.39, 0.29) is 10.9 Å². The SMILES string of the molecule is Fc1c(F)c(F)c(Cn2ccc(NC(=S)Nc3ccn(Cc4ccc(Cl)cc4)n3)n2)c(F)c1F. The maximum absolute atomic E-state index is 13.9. The van der Waals surface area contributed by atoms with Crippen molar-refractivity contribution >= 4 is 40.6 Å². The number of benzene rings is 2. The largest absolute Gasteiger partial charge is 0.316 e. The summed E-state index contributed by atoms with van der Waals surface area (Å²) in [6.07, 6.45) is 3.04. The number of hydrogen-bond donors (Lipinski definition) is 2. The number of hydrogen-bond acceptors (Lipinski definition) is 3. The van der Waals surface area contributed by atoms with Crippen LogP contribution in [-0.4, -0.2) is 24.7 Å². The minimum atomic E-state index is -2.21. The van der Waals surface area contributed by atoms with Crippen molar-refractivity contribution in [1.82, 2.24) is 19.6 Å². The first-order chi connectivity index (χ1) is 16.2. The van der Waals surface area contributed by atoms with Crippen LogP contribution in [0.4, 0.5) is 33.6 Å². The second kappa shape index (κ2) is 9.77. The van der Waals surface area contributed by atoms with Gasteiger partial charge in [-0.25, -0.2) is 22.0 Å². The molecule has 0 saturated carbocycles. The minimum absolute atomic E-state index is 0.123. The Hall–Kier alpha value is -3.51. The van der Waals surface area contributed by atoms with Gasteiger partial charge in [0.2, 0.25) is 5.82 Å². The Morgan fingerprint density at radius 1 is 0.735 bits per heavy atom. The Balaban J connectivity index is 1.37. The Morgan fingerprint density at radius 2 is 1.21 bits per heavy atom. The molecule has 0 fully saturated rings. The zero-order valence-corrected chi connectivity index (χ0v) is 18.6. The summed E-state index contributed by atoms with van der Waals surface area (Å²) in [6.45, 7) is -0.163. The van der Waals surface area contributed by atoms with Crippen LogP contribution in [0.3, 0.4) is 0 Å². The van der Waals surface area contributed by atoms with Gasteiger partial charge in [0, 0.05) is 29.5 Å². The minimum Gasteiger partial charge on any atom is -0.316 e. The topological polar surface area (TPSA) is 59.7 Å². The standard InChI is InChI=1S/C21H14ClF5N6S/c22-12-3-1-11(2-4-12)9-32-7-5-14(30-32)28-21(34)29-15-6-8-33(31-15)10-13-16(23)18(25)20(27)19(26)17(13)24/h1-8H,9-10H2,(H2,28,29,30,31,34). The Kier molecular flexibility index (Phi) is 6.80. The Labute approximate surface area is 200 Å².